The fraction of sp³-hybridized carbons (Fsp3) is 0.738. The highest BCUT2D eigenvalue weighted by Gasteiger charge is 2.27. The van der Waals surface area contributed by atoms with E-state index in [-0.39, 0.29) is 31.3 Å². The number of allylic oxidation sites excluding steroid dienone is 13. The Bertz CT molecular complexity index is 1490. The Labute approximate surface area is 437 Å². The lowest BCUT2D eigenvalue weighted by Crippen LogP contribution is -2.47. The van der Waals surface area contributed by atoms with Gasteiger partial charge in [0.05, 0.1) is 33.8 Å². The molecule has 0 aromatic heterocycles. The SMILES string of the molecule is CC/C=C/C/C=C/CCCCCCCCCC(=O)OC(/C=C\CCCCCCCCCCCC)C(COP(=O)([O-])OCC[N+](C)(C)C)NC(=O)CCCCC/C=C\C/C=C\C/C=C\C/C=C\CCCCC. The van der Waals surface area contributed by atoms with Crippen molar-refractivity contribution >= 4 is 19.7 Å². The molecule has 10 heteroatoms. The van der Waals surface area contributed by atoms with E-state index in [4.69, 9.17) is 13.8 Å². The Morgan fingerprint density at radius 3 is 1.39 bits per heavy atom. The third-order valence-electron chi connectivity index (χ3n) is 12.3. The van der Waals surface area contributed by atoms with E-state index < -0.39 is 26.6 Å². The number of likely N-dealkylation sites (N-methyl/N-ethyl adjacent to an activating group) is 1. The smallest absolute Gasteiger partial charge is 0.306 e. The van der Waals surface area contributed by atoms with E-state index in [2.05, 4.69) is 99.0 Å². The average Bonchev–Trinajstić information content (AvgIpc) is 3.33. The number of rotatable bonds is 51. The predicted molar refractivity (Wildman–Crippen MR) is 302 cm³/mol. The van der Waals surface area contributed by atoms with Gasteiger partial charge >= 0.3 is 5.97 Å². The minimum Gasteiger partial charge on any atom is -0.756 e. The Hall–Kier alpha value is -2.81. The highest BCUT2D eigenvalue weighted by molar-refractivity contribution is 7.45. The maximum Gasteiger partial charge on any atom is 0.306 e. The third kappa shape index (κ3) is 51.9. The van der Waals surface area contributed by atoms with Crippen LogP contribution in [0.5, 0.6) is 0 Å². The molecular formula is C61H109N2O7P. The van der Waals surface area contributed by atoms with Crippen LogP contribution in [0.15, 0.2) is 85.1 Å². The topological polar surface area (TPSA) is 114 Å². The number of quaternary nitrogens is 1. The first kappa shape index (κ1) is 68.2. The zero-order valence-electron chi connectivity index (χ0n) is 46.7. The number of amides is 1. The van der Waals surface area contributed by atoms with Gasteiger partial charge in [0.25, 0.3) is 7.82 Å². The molecule has 0 radical (unpaired) electrons. The molecule has 0 rings (SSSR count). The van der Waals surface area contributed by atoms with Crippen LogP contribution in [0.1, 0.15) is 239 Å². The Morgan fingerprint density at radius 1 is 0.507 bits per heavy atom. The average molecular weight is 1010 g/mol. The molecule has 1 N–H and O–H groups in total. The van der Waals surface area contributed by atoms with Crippen molar-refractivity contribution in [3.63, 3.8) is 0 Å². The molecule has 0 aromatic carbocycles. The first-order valence-electron chi connectivity index (χ1n) is 28.9. The maximum absolute atomic E-state index is 13.5. The zero-order valence-corrected chi connectivity index (χ0v) is 47.5. The molecule has 0 saturated carbocycles. The summed E-state index contributed by atoms with van der Waals surface area (Å²) in [6.07, 6.45) is 65.5. The number of hydrogen-bond acceptors (Lipinski definition) is 7. The molecule has 0 aliphatic heterocycles. The quantitative estimate of drug-likeness (QED) is 0.0212. The van der Waals surface area contributed by atoms with Crippen LogP contribution >= 0.6 is 7.82 Å². The molecule has 3 unspecified atom stereocenters. The lowest BCUT2D eigenvalue weighted by molar-refractivity contribution is -0.870. The van der Waals surface area contributed by atoms with E-state index in [1.807, 2.05) is 33.3 Å². The number of hydrogen-bond donors (Lipinski definition) is 1. The Morgan fingerprint density at radius 2 is 0.901 bits per heavy atom. The van der Waals surface area contributed by atoms with Gasteiger partial charge in [0, 0.05) is 12.8 Å². The Balaban J connectivity index is 5.40. The largest absolute Gasteiger partial charge is 0.756 e. The highest BCUT2D eigenvalue weighted by atomic mass is 31.2. The van der Waals surface area contributed by atoms with Gasteiger partial charge in [-0.2, -0.15) is 0 Å². The van der Waals surface area contributed by atoms with E-state index in [9.17, 15) is 19.0 Å². The summed E-state index contributed by atoms with van der Waals surface area (Å²) < 4.78 is 30.2. The van der Waals surface area contributed by atoms with Crippen molar-refractivity contribution in [3.8, 4) is 0 Å². The second-order valence-corrected chi connectivity index (χ2v) is 21.8. The summed E-state index contributed by atoms with van der Waals surface area (Å²) in [6, 6.07) is -0.911. The molecule has 3 atom stereocenters. The van der Waals surface area contributed by atoms with Crippen LogP contribution in [0.2, 0.25) is 0 Å². The van der Waals surface area contributed by atoms with Crippen molar-refractivity contribution in [2.24, 2.45) is 0 Å². The van der Waals surface area contributed by atoms with E-state index in [1.54, 1.807) is 0 Å². The fourth-order valence-electron chi connectivity index (χ4n) is 7.84. The van der Waals surface area contributed by atoms with Crippen LogP contribution in [-0.4, -0.2) is 69.4 Å². The molecule has 0 bridgehead atoms. The first-order valence-corrected chi connectivity index (χ1v) is 30.4. The van der Waals surface area contributed by atoms with Crippen molar-refractivity contribution in [2.75, 3.05) is 40.9 Å². The summed E-state index contributed by atoms with van der Waals surface area (Å²) in [7, 11) is 1.15. The van der Waals surface area contributed by atoms with Crippen molar-refractivity contribution in [1.29, 1.82) is 0 Å². The number of nitrogens with zero attached hydrogens (tertiary/aromatic N) is 1. The summed E-state index contributed by atoms with van der Waals surface area (Å²) in [5, 5.41) is 3.00. The lowest BCUT2D eigenvalue weighted by Gasteiger charge is -2.30. The molecule has 9 nitrogen and oxygen atoms in total. The van der Waals surface area contributed by atoms with Gasteiger partial charge in [-0.15, -0.1) is 0 Å². The van der Waals surface area contributed by atoms with Crippen molar-refractivity contribution < 1.29 is 37.3 Å². The number of unbranched alkanes of at least 4 members (excludes halogenated alkanes) is 23. The van der Waals surface area contributed by atoms with Gasteiger partial charge in [0.2, 0.25) is 5.91 Å². The number of carbonyl (C=O) groups excluding carboxylic acids is 2. The second-order valence-electron chi connectivity index (χ2n) is 20.4. The molecule has 1 amide bonds. The van der Waals surface area contributed by atoms with Gasteiger partial charge in [-0.1, -0.05) is 209 Å². The van der Waals surface area contributed by atoms with Crippen LogP contribution in [0.3, 0.4) is 0 Å². The summed E-state index contributed by atoms with van der Waals surface area (Å²) in [5.41, 5.74) is 0. The first-order chi connectivity index (χ1) is 34.4. The van der Waals surface area contributed by atoms with Crippen LogP contribution in [-0.2, 0) is 27.9 Å². The minimum absolute atomic E-state index is 0.0337. The molecule has 71 heavy (non-hydrogen) atoms. The van der Waals surface area contributed by atoms with Gasteiger partial charge in [-0.25, -0.2) is 0 Å². The number of phosphoric ester groups is 1. The highest BCUT2D eigenvalue weighted by Crippen LogP contribution is 2.38. The van der Waals surface area contributed by atoms with E-state index in [0.29, 0.717) is 23.9 Å². The van der Waals surface area contributed by atoms with Gasteiger partial charge < -0.3 is 28.5 Å². The zero-order chi connectivity index (χ0) is 52.2. The molecule has 0 fully saturated rings. The normalized spacial score (nSPS) is 14.4. The van der Waals surface area contributed by atoms with Crippen LogP contribution in [0.25, 0.3) is 0 Å². The van der Waals surface area contributed by atoms with Crippen LogP contribution < -0.4 is 10.2 Å². The van der Waals surface area contributed by atoms with E-state index >= 15 is 0 Å². The van der Waals surface area contributed by atoms with Gasteiger partial charge in [0.1, 0.15) is 19.3 Å². The number of esters is 1. The summed E-state index contributed by atoms with van der Waals surface area (Å²) in [6.45, 7) is 6.66. The van der Waals surface area contributed by atoms with Crippen molar-refractivity contribution in [2.45, 2.75) is 251 Å². The number of nitrogens with one attached hydrogen (secondary N) is 1. The monoisotopic (exact) mass is 1010 g/mol. The lowest BCUT2D eigenvalue weighted by atomic mass is 10.0. The van der Waals surface area contributed by atoms with Gasteiger partial charge in [-0.05, 0) is 102 Å². The standard InChI is InChI=1S/C61H109N2O7P/c1-7-10-13-16-19-22-25-28-30-31-32-33-34-35-38-41-44-47-50-53-60(64)62-58(57-69-71(66,67)68-56-55-63(4,5)6)59(52-49-46-43-40-37-27-24-21-18-15-12-9-3)70-61(65)54-51-48-45-42-39-36-29-26-23-20-17-14-11-8-2/h11,14,19-20,22-23,28,30,32-33,35,38,49,52,58-59H,7-10,12-13,15-18,21,24-27,29,31,34,36-37,39-48,50-51,53-57H2,1-6H3,(H-,62,64,66,67)/b14-11+,22-19-,23-20+,30-28-,33-32-,38-35-,52-49-. The van der Waals surface area contributed by atoms with Crippen molar-refractivity contribution in [1.82, 2.24) is 5.32 Å². The molecular weight excluding hydrogens is 904 g/mol. The maximum atomic E-state index is 13.5. The Kier molecular flexibility index (Phi) is 48.7. The number of ether oxygens (including phenoxy) is 1. The summed E-state index contributed by atoms with van der Waals surface area (Å²) in [4.78, 5) is 39.8. The summed E-state index contributed by atoms with van der Waals surface area (Å²) >= 11 is 0. The van der Waals surface area contributed by atoms with E-state index in [1.165, 1.54) is 96.3 Å². The molecule has 0 aromatic rings. The predicted octanol–water partition coefficient (Wildman–Crippen LogP) is 16.8. The van der Waals surface area contributed by atoms with Gasteiger partial charge in [0.15, 0.2) is 0 Å². The fourth-order valence-corrected chi connectivity index (χ4v) is 8.56. The van der Waals surface area contributed by atoms with E-state index in [0.717, 1.165) is 96.3 Å². The summed E-state index contributed by atoms with van der Waals surface area (Å²) in [5.74, 6) is -0.591. The molecule has 0 heterocycles. The number of phosphoric acid groups is 1. The second kappa shape index (κ2) is 50.7. The molecule has 410 valence electrons. The molecule has 0 spiro atoms. The van der Waals surface area contributed by atoms with Crippen molar-refractivity contribution in [3.05, 3.63) is 85.1 Å². The molecule has 0 saturated heterocycles. The third-order valence-corrected chi connectivity index (χ3v) is 13.3. The van der Waals surface area contributed by atoms with Crippen LogP contribution in [0, 0.1) is 0 Å². The molecule has 0 aliphatic rings. The number of carbonyl (C=O) groups is 2. The molecule has 0 aliphatic carbocycles. The minimum atomic E-state index is -4.71. The van der Waals surface area contributed by atoms with Gasteiger partial charge in [-0.3, -0.25) is 14.2 Å². The van der Waals surface area contributed by atoms with Crippen LogP contribution in [0.4, 0.5) is 0 Å².